The summed E-state index contributed by atoms with van der Waals surface area (Å²) in [5.41, 5.74) is 2.69. The molecule has 0 aliphatic heterocycles. The Morgan fingerprint density at radius 2 is 2.04 bits per heavy atom. The van der Waals surface area contributed by atoms with Gasteiger partial charge < -0.3 is 9.84 Å². The van der Waals surface area contributed by atoms with E-state index in [9.17, 15) is 0 Å². The van der Waals surface area contributed by atoms with Crippen molar-refractivity contribution in [2.24, 2.45) is 5.92 Å². The predicted octanol–water partition coefficient (Wildman–Crippen LogP) is 1.49. The molecule has 7 heteroatoms. The molecule has 1 aliphatic carbocycles. The van der Waals surface area contributed by atoms with Gasteiger partial charge in [-0.3, -0.25) is 0 Å². The molecule has 0 spiro atoms. The van der Waals surface area contributed by atoms with Gasteiger partial charge in [-0.2, -0.15) is 0 Å². The maximum Gasteiger partial charge on any atom is 0.115 e. The lowest BCUT2D eigenvalue weighted by Crippen LogP contribution is -2.23. The van der Waals surface area contributed by atoms with E-state index in [1.807, 2.05) is 19.2 Å². The molecule has 0 aromatic carbocycles. The molecule has 124 valence electrons. The molecule has 1 N–H and O–H groups in total. The van der Waals surface area contributed by atoms with E-state index in [1.54, 1.807) is 11.0 Å². The SMILES string of the molecule is Cc1cc(Cn2cc(COC3CCC(CO)CC3)nn2)ncn1. The van der Waals surface area contributed by atoms with Crippen LogP contribution in [-0.2, 0) is 17.9 Å². The van der Waals surface area contributed by atoms with Crippen LogP contribution in [0.1, 0.15) is 42.8 Å². The Hall–Kier alpha value is -1.86. The molecule has 7 nitrogen and oxygen atoms in total. The molecular formula is C16H23N5O2. The van der Waals surface area contributed by atoms with Crippen LogP contribution in [0.3, 0.4) is 0 Å². The number of aryl methyl sites for hydroxylation is 1. The third kappa shape index (κ3) is 4.56. The molecule has 0 bridgehead atoms. The maximum absolute atomic E-state index is 9.16. The lowest BCUT2D eigenvalue weighted by Gasteiger charge is -2.26. The number of rotatable bonds is 6. The quantitative estimate of drug-likeness (QED) is 0.869. The summed E-state index contributed by atoms with van der Waals surface area (Å²) in [4.78, 5) is 8.31. The van der Waals surface area contributed by atoms with Crippen LogP contribution in [0.2, 0.25) is 0 Å². The van der Waals surface area contributed by atoms with Crippen molar-refractivity contribution >= 4 is 0 Å². The summed E-state index contributed by atoms with van der Waals surface area (Å²) in [5.74, 6) is 0.451. The summed E-state index contributed by atoms with van der Waals surface area (Å²) in [6.45, 7) is 3.30. The summed E-state index contributed by atoms with van der Waals surface area (Å²) >= 11 is 0. The molecule has 2 heterocycles. The number of aliphatic hydroxyl groups is 1. The lowest BCUT2D eigenvalue weighted by molar-refractivity contribution is -0.000187. The first-order valence-corrected chi connectivity index (χ1v) is 8.12. The largest absolute Gasteiger partial charge is 0.396 e. The zero-order valence-electron chi connectivity index (χ0n) is 13.4. The lowest BCUT2D eigenvalue weighted by atomic mass is 9.88. The molecular weight excluding hydrogens is 294 g/mol. The van der Waals surface area contributed by atoms with Gasteiger partial charge in [-0.1, -0.05) is 5.21 Å². The fraction of sp³-hybridized carbons (Fsp3) is 0.625. The van der Waals surface area contributed by atoms with Crippen LogP contribution in [0.5, 0.6) is 0 Å². The van der Waals surface area contributed by atoms with Crippen LogP contribution in [0.4, 0.5) is 0 Å². The van der Waals surface area contributed by atoms with E-state index in [0.29, 0.717) is 25.7 Å². The smallest absolute Gasteiger partial charge is 0.115 e. The summed E-state index contributed by atoms with van der Waals surface area (Å²) < 4.78 is 7.69. The average molecular weight is 317 g/mol. The Morgan fingerprint density at radius 1 is 1.22 bits per heavy atom. The summed E-state index contributed by atoms with van der Waals surface area (Å²) in [5, 5.41) is 17.4. The summed E-state index contributed by atoms with van der Waals surface area (Å²) in [7, 11) is 0. The maximum atomic E-state index is 9.16. The Balaban J connectivity index is 1.48. The van der Waals surface area contributed by atoms with Gasteiger partial charge >= 0.3 is 0 Å². The van der Waals surface area contributed by atoms with Crippen molar-refractivity contribution in [3.05, 3.63) is 35.7 Å². The van der Waals surface area contributed by atoms with E-state index in [4.69, 9.17) is 9.84 Å². The minimum absolute atomic E-state index is 0.271. The number of ether oxygens (including phenoxy) is 1. The molecule has 23 heavy (non-hydrogen) atoms. The van der Waals surface area contributed by atoms with Crippen molar-refractivity contribution in [3.63, 3.8) is 0 Å². The van der Waals surface area contributed by atoms with Gasteiger partial charge in [-0.15, -0.1) is 5.10 Å². The number of hydrogen-bond acceptors (Lipinski definition) is 6. The van der Waals surface area contributed by atoms with Crippen LogP contribution < -0.4 is 0 Å². The first-order valence-electron chi connectivity index (χ1n) is 8.12. The fourth-order valence-corrected chi connectivity index (χ4v) is 2.93. The minimum Gasteiger partial charge on any atom is -0.396 e. The molecule has 1 aliphatic rings. The van der Waals surface area contributed by atoms with E-state index < -0.39 is 0 Å². The number of nitrogens with zero attached hydrogens (tertiary/aromatic N) is 5. The van der Waals surface area contributed by atoms with Crippen LogP contribution in [0, 0.1) is 12.8 Å². The van der Waals surface area contributed by atoms with Crippen LogP contribution in [0.25, 0.3) is 0 Å². The Morgan fingerprint density at radius 3 is 2.78 bits per heavy atom. The van der Waals surface area contributed by atoms with E-state index in [0.717, 1.165) is 42.8 Å². The second kappa shape index (κ2) is 7.61. The van der Waals surface area contributed by atoms with Crippen molar-refractivity contribution in [2.45, 2.75) is 51.9 Å². The highest BCUT2D eigenvalue weighted by Crippen LogP contribution is 2.26. The highest BCUT2D eigenvalue weighted by molar-refractivity contribution is 5.07. The van der Waals surface area contributed by atoms with Crippen molar-refractivity contribution in [2.75, 3.05) is 6.61 Å². The van der Waals surface area contributed by atoms with Gasteiger partial charge in [0.2, 0.25) is 0 Å². The van der Waals surface area contributed by atoms with Gasteiger partial charge in [0.1, 0.15) is 12.0 Å². The van der Waals surface area contributed by atoms with Gasteiger partial charge in [0.25, 0.3) is 0 Å². The highest BCUT2D eigenvalue weighted by atomic mass is 16.5. The minimum atomic E-state index is 0.271. The van der Waals surface area contributed by atoms with E-state index in [2.05, 4.69) is 20.3 Å². The highest BCUT2D eigenvalue weighted by Gasteiger charge is 2.21. The Labute approximate surface area is 135 Å². The average Bonchev–Trinajstić information content (AvgIpc) is 3.01. The topological polar surface area (TPSA) is 86.0 Å². The van der Waals surface area contributed by atoms with Crippen molar-refractivity contribution in [1.29, 1.82) is 0 Å². The number of hydrogen-bond donors (Lipinski definition) is 1. The van der Waals surface area contributed by atoms with Crippen molar-refractivity contribution in [3.8, 4) is 0 Å². The second-order valence-electron chi connectivity index (χ2n) is 6.19. The third-order valence-corrected chi connectivity index (χ3v) is 4.29. The normalized spacial score (nSPS) is 21.5. The molecule has 0 saturated heterocycles. The molecule has 1 fully saturated rings. The van der Waals surface area contributed by atoms with Gasteiger partial charge in [-0.05, 0) is 44.6 Å². The molecule has 3 rings (SSSR count). The van der Waals surface area contributed by atoms with E-state index in [-0.39, 0.29) is 6.10 Å². The first-order chi connectivity index (χ1) is 11.2. The molecule has 0 amide bonds. The number of aliphatic hydroxyl groups excluding tert-OH is 1. The molecule has 2 aromatic rings. The van der Waals surface area contributed by atoms with Crippen molar-refractivity contribution < 1.29 is 9.84 Å². The zero-order chi connectivity index (χ0) is 16.1. The first kappa shape index (κ1) is 16.0. The Bertz CT molecular complexity index is 622. The standard InChI is InChI=1S/C16H23N5O2/c1-12-6-14(18-11-17-12)7-21-8-15(19-20-21)10-23-16-4-2-13(9-22)3-5-16/h6,8,11,13,16,22H,2-5,7,9-10H2,1H3. The summed E-state index contributed by atoms with van der Waals surface area (Å²) in [6, 6.07) is 1.94. The fourth-order valence-electron chi connectivity index (χ4n) is 2.93. The second-order valence-corrected chi connectivity index (χ2v) is 6.19. The molecule has 0 radical (unpaired) electrons. The van der Waals surface area contributed by atoms with Gasteiger partial charge in [0.05, 0.1) is 31.1 Å². The summed E-state index contributed by atoms with van der Waals surface area (Å²) in [6.07, 6.45) is 7.85. The predicted molar refractivity (Wildman–Crippen MR) is 83.5 cm³/mol. The third-order valence-electron chi connectivity index (χ3n) is 4.29. The molecule has 0 atom stereocenters. The van der Waals surface area contributed by atoms with Gasteiger partial charge in [-0.25, -0.2) is 14.6 Å². The van der Waals surface area contributed by atoms with Crippen molar-refractivity contribution in [1.82, 2.24) is 25.0 Å². The number of aromatic nitrogens is 5. The Kier molecular flexibility index (Phi) is 5.30. The van der Waals surface area contributed by atoms with Crippen LogP contribution in [-0.4, -0.2) is 42.8 Å². The molecule has 1 saturated carbocycles. The van der Waals surface area contributed by atoms with Crippen LogP contribution >= 0.6 is 0 Å². The van der Waals surface area contributed by atoms with E-state index in [1.165, 1.54) is 0 Å². The monoisotopic (exact) mass is 317 g/mol. The molecule has 2 aromatic heterocycles. The van der Waals surface area contributed by atoms with Gasteiger partial charge in [0, 0.05) is 12.3 Å². The van der Waals surface area contributed by atoms with Crippen LogP contribution in [0.15, 0.2) is 18.6 Å². The molecule has 0 unspecified atom stereocenters. The zero-order valence-corrected chi connectivity index (χ0v) is 13.4. The van der Waals surface area contributed by atoms with E-state index >= 15 is 0 Å². The van der Waals surface area contributed by atoms with Gasteiger partial charge in [0.15, 0.2) is 0 Å².